The molecule has 2 amide bonds. The molecule has 314 valence electrons. The first kappa shape index (κ1) is 45.6. The van der Waals surface area contributed by atoms with Crippen LogP contribution >= 0.6 is 34.8 Å². The van der Waals surface area contributed by atoms with Crippen molar-refractivity contribution in [3.63, 3.8) is 0 Å². The van der Waals surface area contributed by atoms with Gasteiger partial charge < -0.3 is 19.9 Å². The van der Waals surface area contributed by atoms with Crippen LogP contribution in [0.3, 0.4) is 0 Å². The zero-order valence-corrected chi connectivity index (χ0v) is 36.1. The molecule has 0 aromatic carbocycles. The molecule has 23 heteroatoms. The number of anilines is 3. The molecule has 6 aromatic heterocycles. The topological polar surface area (TPSA) is 233 Å². The third-order valence-corrected chi connectivity index (χ3v) is 8.13. The third-order valence-electron chi connectivity index (χ3n) is 7.55. The minimum Gasteiger partial charge on any atom is -0.477 e. The predicted molar refractivity (Wildman–Crippen MR) is 220 cm³/mol. The molecule has 6 rings (SSSR count). The van der Waals surface area contributed by atoms with Crippen LogP contribution in [0.2, 0.25) is 15.5 Å². The number of halogens is 3. The van der Waals surface area contributed by atoms with Crippen molar-refractivity contribution in [2.75, 3.05) is 36.3 Å². The Hall–Kier alpha value is -6.12. The van der Waals surface area contributed by atoms with E-state index < -0.39 is 29.4 Å². The highest BCUT2D eigenvalue weighted by Gasteiger charge is 2.26. The number of carbonyl (C=O) groups is 5. The summed E-state index contributed by atoms with van der Waals surface area (Å²) in [7, 11) is 4.76. The predicted octanol–water partition coefficient (Wildman–Crippen LogP) is 7.04. The summed E-state index contributed by atoms with van der Waals surface area (Å²) in [6.45, 7) is 13.4. The summed E-state index contributed by atoms with van der Waals surface area (Å²) in [5, 5.41) is 24.7. The summed E-state index contributed by atoms with van der Waals surface area (Å²) in [6.07, 6.45) is 2.85. The number of Topliss-reactive ketones (excluding diaryl/α,β-unsaturated/α-hetero) is 2. The van der Waals surface area contributed by atoms with Crippen molar-refractivity contribution in [2.45, 2.75) is 66.6 Å². The van der Waals surface area contributed by atoms with E-state index in [1.807, 2.05) is 0 Å². The number of hydrogen-bond donors (Lipinski definition) is 2. The first-order chi connectivity index (χ1) is 27.3. The minimum atomic E-state index is -1.18. The van der Waals surface area contributed by atoms with E-state index in [2.05, 4.69) is 35.6 Å². The van der Waals surface area contributed by atoms with Crippen LogP contribution in [-0.4, -0.2) is 111 Å². The number of amides is 2. The lowest BCUT2D eigenvalue weighted by molar-refractivity contribution is 0.0577. The zero-order chi connectivity index (χ0) is 44.3. The van der Waals surface area contributed by atoms with Gasteiger partial charge in [0.25, 0.3) is 0 Å². The molecule has 0 atom stereocenters. The maximum Gasteiger partial charge on any atom is 0.415 e. The molecule has 0 bridgehead atoms. The summed E-state index contributed by atoms with van der Waals surface area (Å²) in [5.74, 6) is -0.154. The van der Waals surface area contributed by atoms with E-state index in [1.165, 1.54) is 71.3 Å². The van der Waals surface area contributed by atoms with Crippen LogP contribution in [-0.2, 0) is 9.47 Å². The van der Waals surface area contributed by atoms with Gasteiger partial charge in [-0.1, -0.05) is 34.8 Å². The molecule has 0 saturated carbocycles. The number of nitrogens with zero attached hydrogens (tertiary/aromatic N) is 11. The van der Waals surface area contributed by atoms with Crippen LogP contribution in [0.15, 0.2) is 36.8 Å². The van der Waals surface area contributed by atoms with Gasteiger partial charge in [0.1, 0.15) is 49.7 Å². The number of aromatic carboxylic acids is 1. The van der Waals surface area contributed by atoms with E-state index in [0.29, 0.717) is 39.2 Å². The molecule has 0 aliphatic rings. The van der Waals surface area contributed by atoms with Gasteiger partial charge in [-0.2, -0.15) is 28.8 Å². The Kier molecular flexibility index (Phi) is 13.7. The first-order valence-electron chi connectivity index (χ1n) is 17.3. The molecule has 20 nitrogen and oxygen atoms in total. The van der Waals surface area contributed by atoms with Gasteiger partial charge in [0, 0.05) is 39.3 Å². The summed E-state index contributed by atoms with van der Waals surface area (Å²) in [6, 6.07) is 4.53. The number of carbonyl (C=O) groups excluding carboxylic acids is 4. The number of fused-ring (bicyclic) bond motifs is 3. The van der Waals surface area contributed by atoms with Crippen LogP contribution < -0.4 is 15.1 Å². The zero-order valence-electron chi connectivity index (χ0n) is 33.8. The van der Waals surface area contributed by atoms with Gasteiger partial charge in [-0.15, -0.1) is 0 Å². The first-order valence-corrected chi connectivity index (χ1v) is 18.5. The lowest BCUT2D eigenvalue weighted by Crippen LogP contribution is -2.35. The second kappa shape index (κ2) is 17.8. The number of nitrogens with one attached hydrogen (secondary N) is 1. The molecule has 0 spiro atoms. The van der Waals surface area contributed by atoms with Gasteiger partial charge in [0.2, 0.25) is 0 Å². The molecule has 0 saturated heterocycles. The minimum absolute atomic E-state index is 0.0425. The van der Waals surface area contributed by atoms with Gasteiger partial charge in [0.05, 0.1) is 29.7 Å². The fourth-order valence-corrected chi connectivity index (χ4v) is 5.46. The second-order valence-corrected chi connectivity index (χ2v) is 15.6. The van der Waals surface area contributed by atoms with Crippen molar-refractivity contribution in [2.24, 2.45) is 0 Å². The van der Waals surface area contributed by atoms with Crippen LogP contribution in [0.5, 0.6) is 0 Å². The highest BCUT2D eigenvalue weighted by molar-refractivity contribution is 6.30. The molecule has 6 aromatic rings. The Morgan fingerprint density at radius 2 is 0.966 bits per heavy atom. The number of aromatic nitrogens is 9. The maximum atomic E-state index is 12.2. The monoisotopic (exact) mass is 874 g/mol. The summed E-state index contributed by atoms with van der Waals surface area (Å²) >= 11 is 17.7. The quantitative estimate of drug-likeness (QED) is 0.126. The van der Waals surface area contributed by atoms with Gasteiger partial charge in [0.15, 0.2) is 28.5 Å². The lowest BCUT2D eigenvalue weighted by Gasteiger charge is -2.24. The standard InChI is InChI=1S/C14H17ClN4O3.C13H15ClN4O4.C9H9ClN4O/c1-8(20)9-7-16-19-11(6-10(15)17-12(9)19)18(5)13(21)22-14(2,3)4;1-13(2,3)22-12(21)17(4)9-5-8(14)16-10-7(11(19)20)6-15-18(9)10;1-5(15)6-4-12-14-8(11-2)3-7(10)13-9(6)14/h6-7H,1-5H3;5-6H,1-4H3,(H,19,20);3-4,11H,1-2H3. The summed E-state index contributed by atoms with van der Waals surface area (Å²) in [5.41, 5.74) is 0.208. The Labute approximate surface area is 352 Å². The molecule has 0 radical (unpaired) electrons. The summed E-state index contributed by atoms with van der Waals surface area (Å²) in [4.78, 5) is 72.9. The fraction of sp³-hybridized carbons (Fsp3) is 0.361. The highest BCUT2D eigenvalue weighted by Crippen LogP contribution is 2.25. The number of ether oxygens (including phenoxy) is 2. The lowest BCUT2D eigenvalue weighted by atomic mass is 10.2. The van der Waals surface area contributed by atoms with Crippen LogP contribution in [0, 0.1) is 0 Å². The fourth-order valence-electron chi connectivity index (χ4n) is 4.92. The molecule has 59 heavy (non-hydrogen) atoms. The average molecular weight is 876 g/mol. The van der Waals surface area contributed by atoms with Crippen LogP contribution in [0.1, 0.15) is 86.5 Å². The van der Waals surface area contributed by atoms with Gasteiger partial charge in [-0.3, -0.25) is 19.4 Å². The maximum absolute atomic E-state index is 12.2. The smallest absolute Gasteiger partial charge is 0.415 e. The van der Waals surface area contributed by atoms with E-state index in [-0.39, 0.29) is 38.9 Å². The number of hydrogen-bond acceptors (Lipinski definition) is 14. The van der Waals surface area contributed by atoms with E-state index in [0.717, 1.165) is 6.20 Å². The van der Waals surface area contributed by atoms with Crippen molar-refractivity contribution in [1.82, 2.24) is 43.8 Å². The molecule has 2 N–H and O–H groups in total. The molecular formula is C36H41Cl3N12O8. The Balaban J connectivity index is 0.000000199. The molecule has 0 aliphatic heterocycles. The van der Waals surface area contributed by atoms with Crippen LogP contribution in [0.25, 0.3) is 16.9 Å². The summed E-state index contributed by atoms with van der Waals surface area (Å²) < 4.78 is 14.7. The number of carboxylic acid groups (broad SMARTS) is 1. The number of rotatable bonds is 6. The molecule has 6 heterocycles. The van der Waals surface area contributed by atoms with Crippen molar-refractivity contribution in [3.8, 4) is 0 Å². The second-order valence-electron chi connectivity index (χ2n) is 14.5. The Morgan fingerprint density at radius 3 is 1.32 bits per heavy atom. The van der Waals surface area contributed by atoms with Gasteiger partial charge in [-0.05, 0) is 55.4 Å². The number of carboxylic acids is 1. The number of ketones is 2. The van der Waals surface area contributed by atoms with E-state index in [4.69, 9.17) is 49.4 Å². The normalized spacial score (nSPS) is 11.3. The van der Waals surface area contributed by atoms with Crippen molar-refractivity contribution >= 4 is 98.9 Å². The van der Waals surface area contributed by atoms with Gasteiger partial charge >= 0.3 is 18.2 Å². The third kappa shape index (κ3) is 10.9. The Bertz CT molecular complexity index is 2460. The molecule has 0 aliphatic carbocycles. The highest BCUT2D eigenvalue weighted by atomic mass is 35.5. The molecular weight excluding hydrogens is 835 g/mol. The van der Waals surface area contributed by atoms with E-state index >= 15 is 0 Å². The van der Waals surface area contributed by atoms with Crippen molar-refractivity contribution < 1.29 is 38.6 Å². The molecule has 0 fully saturated rings. The van der Waals surface area contributed by atoms with E-state index in [9.17, 15) is 24.0 Å². The largest absolute Gasteiger partial charge is 0.477 e. The average Bonchev–Trinajstić information content (AvgIpc) is 3.86. The molecule has 0 unspecified atom stereocenters. The van der Waals surface area contributed by atoms with Crippen molar-refractivity contribution in [1.29, 1.82) is 0 Å². The van der Waals surface area contributed by atoms with E-state index in [1.54, 1.807) is 59.2 Å². The SMILES string of the molecule is CC(=O)c1cnn2c(N(C)C(=O)OC(C)(C)C)cc(Cl)nc12.CN(C(=O)OC(C)(C)C)c1cc(Cl)nc2c(C(=O)O)cnn12.CNc1cc(Cl)nc2c(C(C)=O)cnn12. The van der Waals surface area contributed by atoms with Gasteiger partial charge in [-0.25, -0.2) is 29.3 Å². The van der Waals surface area contributed by atoms with Crippen molar-refractivity contribution in [3.05, 3.63) is 68.9 Å². The van der Waals surface area contributed by atoms with Crippen LogP contribution in [0.4, 0.5) is 27.0 Å². The Morgan fingerprint density at radius 1 is 0.627 bits per heavy atom.